The standard InChI is InChI=1S/C22H27ClN2O3/c1-16(21(27)24-22(2,3)4)25(14-17-9-6-5-7-10-17)20(26)15-28-19-12-8-11-18(23)13-19/h5-13,16H,14-15H2,1-4H3,(H,24,27)/t16-/m1/s1. The van der Waals surface area contributed by atoms with Crippen LogP contribution in [-0.2, 0) is 16.1 Å². The lowest BCUT2D eigenvalue weighted by Crippen LogP contribution is -2.53. The van der Waals surface area contributed by atoms with E-state index in [4.69, 9.17) is 16.3 Å². The SMILES string of the molecule is C[C@H](C(=O)NC(C)(C)C)N(Cc1ccccc1)C(=O)COc1cccc(Cl)c1. The molecule has 0 aliphatic rings. The van der Waals surface area contributed by atoms with Crippen molar-refractivity contribution in [3.05, 3.63) is 65.2 Å². The van der Waals surface area contributed by atoms with Crippen LogP contribution in [0.1, 0.15) is 33.3 Å². The monoisotopic (exact) mass is 402 g/mol. The molecule has 2 aromatic rings. The van der Waals surface area contributed by atoms with Gasteiger partial charge in [0.1, 0.15) is 11.8 Å². The van der Waals surface area contributed by atoms with E-state index in [1.165, 1.54) is 4.90 Å². The zero-order chi connectivity index (χ0) is 20.7. The van der Waals surface area contributed by atoms with Gasteiger partial charge in [-0.15, -0.1) is 0 Å². The molecule has 6 heteroatoms. The summed E-state index contributed by atoms with van der Waals surface area (Å²) in [6.45, 7) is 7.58. The zero-order valence-corrected chi connectivity index (χ0v) is 17.5. The van der Waals surface area contributed by atoms with Crippen LogP contribution in [0.5, 0.6) is 5.75 Å². The van der Waals surface area contributed by atoms with E-state index in [0.717, 1.165) is 5.56 Å². The highest BCUT2D eigenvalue weighted by molar-refractivity contribution is 6.30. The summed E-state index contributed by atoms with van der Waals surface area (Å²) >= 11 is 5.96. The van der Waals surface area contributed by atoms with Crippen LogP contribution >= 0.6 is 11.6 Å². The Labute approximate surface area is 171 Å². The number of nitrogens with one attached hydrogen (secondary N) is 1. The van der Waals surface area contributed by atoms with E-state index >= 15 is 0 Å². The van der Waals surface area contributed by atoms with Gasteiger partial charge in [-0.25, -0.2) is 0 Å². The molecule has 0 aromatic heterocycles. The minimum atomic E-state index is -0.644. The lowest BCUT2D eigenvalue weighted by molar-refractivity contribution is -0.142. The highest BCUT2D eigenvalue weighted by Crippen LogP contribution is 2.18. The van der Waals surface area contributed by atoms with E-state index in [9.17, 15) is 9.59 Å². The Morgan fingerprint density at radius 3 is 2.39 bits per heavy atom. The third-order valence-corrected chi connectivity index (χ3v) is 4.25. The van der Waals surface area contributed by atoms with Crippen molar-refractivity contribution >= 4 is 23.4 Å². The Morgan fingerprint density at radius 2 is 1.79 bits per heavy atom. The minimum absolute atomic E-state index is 0.180. The highest BCUT2D eigenvalue weighted by Gasteiger charge is 2.28. The zero-order valence-electron chi connectivity index (χ0n) is 16.7. The Balaban J connectivity index is 2.14. The van der Waals surface area contributed by atoms with Crippen LogP contribution in [0, 0.1) is 0 Å². The molecule has 28 heavy (non-hydrogen) atoms. The molecule has 0 saturated heterocycles. The molecule has 0 unspecified atom stereocenters. The van der Waals surface area contributed by atoms with Crippen LogP contribution in [0.4, 0.5) is 0 Å². The molecule has 0 heterocycles. The normalized spacial score (nSPS) is 12.2. The molecule has 1 N–H and O–H groups in total. The molecule has 0 radical (unpaired) electrons. The highest BCUT2D eigenvalue weighted by atomic mass is 35.5. The average molecular weight is 403 g/mol. The summed E-state index contributed by atoms with van der Waals surface area (Å²) in [6, 6.07) is 15.8. The van der Waals surface area contributed by atoms with Gasteiger partial charge in [0.05, 0.1) is 0 Å². The lowest BCUT2D eigenvalue weighted by Gasteiger charge is -2.31. The van der Waals surface area contributed by atoms with E-state index in [0.29, 0.717) is 17.3 Å². The molecule has 1 atom stereocenters. The third-order valence-electron chi connectivity index (χ3n) is 4.02. The molecule has 150 valence electrons. The summed E-state index contributed by atoms with van der Waals surface area (Å²) in [5.41, 5.74) is 0.554. The number of nitrogens with zero attached hydrogens (tertiary/aromatic N) is 1. The number of hydrogen-bond acceptors (Lipinski definition) is 3. The molecular formula is C22H27ClN2O3. The van der Waals surface area contributed by atoms with Crippen molar-refractivity contribution in [3.63, 3.8) is 0 Å². The van der Waals surface area contributed by atoms with Crippen molar-refractivity contribution in [2.24, 2.45) is 0 Å². The fraction of sp³-hybridized carbons (Fsp3) is 0.364. The van der Waals surface area contributed by atoms with Crippen molar-refractivity contribution in [3.8, 4) is 5.75 Å². The quantitative estimate of drug-likeness (QED) is 0.760. The summed E-state index contributed by atoms with van der Waals surface area (Å²) in [4.78, 5) is 27.1. The summed E-state index contributed by atoms with van der Waals surface area (Å²) in [7, 11) is 0. The molecule has 2 rings (SSSR count). The molecule has 0 fully saturated rings. The topological polar surface area (TPSA) is 58.6 Å². The summed E-state index contributed by atoms with van der Waals surface area (Å²) in [5.74, 6) is 0.0206. The van der Waals surface area contributed by atoms with E-state index in [-0.39, 0.29) is 24.0 Å². The molecule has 0 bridgehead atoms. The van der Waals surface area contributed by atoms with Gasteiger partial charge in [-0.1, -0.05) is 48.0 Å². The number of amides is 2. The third kappa shape index (κ3) is 6.89. The first-order valence-corrected chi connectivity index (χ1v) is 9.57. The maximum atomic E-state index is 12.9. The Hall–Kier alpha value is -2.53. The van der Waals surface area contributed by atoms with E-state index in [1.807, 2.05) is 51.1 Å². The summed E-state index contributed by atoms with van der Waals surface area (Å²) in [5, 5.41) is 3.46. The molecule has 2 aromatic carbocycles. The first-order chi connectivity index (χ1) is 13.2. The number of carbonyl (C=O) groups is 2. The predicted octanol–water partition coefficient (Wildman–Crippen LogP) is 4.05. The lowest BCUT2D eigenvalue weighted by atomic mass is 10.1. The van der Waals surface area contributed by atoms with Crippen molar-refractivity contribution < 1.29 is 14.3 Å². The largest absolute Gasteiger partial charge is 0.484 e. The first-order valence-electron chi connectivity index (χ1n) is 9.19. The maximum Gasteiger partial charge on any atom is 0.261 e. The van der Waals surface area contributed by atoms with Crippen molar-refractivity contribution in [2.75, 3.05) is 6.61 Å². The van der Waals surface area contributed by atoms with E-state index in [2.05, 4.69) is 5.32 Å². The number of hydrogen-bond donors (Lipinski definition) is 1. The smallest absolute Gasteiger partial charge is 0.261 e. The molecular weight excluding hydrogens is 376 g/mol. The number of carbonyl (C=O) groups excluding carboxylic acids is 2. The molecule has 0 saturated carbocycles. The van der Waals surface area contributed by atoms with Crippen LogP contribution in [0.3, 0.4) is 0 Å². The average Bonchev–Trinajstić information content (AvgIpc) is 2.63. The van der Waals surface area contributed by atoms with Crippen LogP contribution in [0.2, 0.25) is 5.02 Å². The Bertz CT molecular complexity index is 803. The van der Waals surface area contributed by atoms with Gasteiger partial charge < -0.3 is 15.0 Å². The fourth-order valence-corrected chi connectivity index (χ4v) is 2.80. The predicted molar refractivity (Wildman–Crippen MR) is 111 cm³/mol. The van der Waals surface area contributed by atoms with Gasteiger partial charge in [-0.2, -0.15) is 0 Å². The van der Waals surface area contributed by atoms with Gasteiger partial charge >= 0.3 is 0 Å². The number of rotatable bonds is 7. The van der Waals surface area contributed by atoms with Crippen LogP contribution in [0.15, 0.2) is 54.6 Å². The second kappa shape index (κ2) is 9.60. The van der Waals surface area contributed by atoms with Crippen LogP contribution in [-0.4, -0.2) is 34.9 Å². The Morgan fingerprint density at radius 1 is 1.11 bits per heavy atom. The van der Waals surface area contributed by atoms with Crippen LogP contribution < -0.4 is 10.1 Å². The van der Waals surface area contributed by atoms with Gasteiger partial charge in [-0.3, -0.25) is 9.59 Å². The maximum absolute atomic E-state index is 12.9. The number of halogens is 1. The van der Waals surface area contributed by atoms with Crippen molar-refractivity contribution in [2.45, 2.75) is 45.8 Å². The van der Waals surface area contributed by atoms with Gasteiger partial charge in [-0.05, 0) is 51.5 Å². The number of ether oxygens (including phenoxy) is 1. The van der Waals surface area contributed by atoms with E-state index in [1.54, 1.807) is 31.2 Å². The second-order valence-electron chi connectivity index (χ2n) is 7.67. The molecule has 5 nitrogen and oxygen atoms in total. The van der Waals surface area contributed by atoms with Gasteiger partial charge in [0.25, 0.3) is 5.91 Å². The van der Waals surface area contributed by atoms with Gasteiger partial charge in [0.2, 0.25) is 5.91 Å². The minimum Gasteiger partial charge on any atom is -0.484 e. The molecule has 0 spiro atoms. The van der Waals surface area contributed by atoms with Crippen LogP contribution in [0.25, 0.3) is 0 Å². The van der Waals surface area contributed by atoms with Gasteiger partial charge in [0.15, 0.2) is 6.61 Å². The summed E-state index contributed by atoms with van der Waals surface area (Å²) < 4.78 is 5.59. The Kier molecular flexibility index (Phi) is 7.46. The fourth-order valence-electron chi connectivity index (χ4n) is 2.62. The molecule has 2 amide bonds. The van der Waals surface area contributed by atoms with Gasteiger partial charge in [0, 0.05) is 17.1 Å². The second-order valence-corrected chi connectivity index (χ2v) is 8.10. The molecule has 0 aliphatic carbocycles. The van der Waals surface area contributed by atoms with Crippen molar-refractivity contribution in [1.29, 1.82) is 0 Å². The molecule has 0 aliphatic heterocycles. The summed E-state index contributed by atoms with van der Waals surface area (Å²) in [6.07, 6.45) is 0. The number of benzene rings is 2. The van der Waals surface area contributed by atoms with Crippen molar-refractivity contribution in [1.82, 2.24) is 10.2 Å². The van der Waals surface area contributed by atoms with E-state index < -0.39 is 6.04 Å². The first kappa shape index (κ1) is 21.8.